The molecule has 0 bridgehead atoms. The second-order valence-electron chi connectivity index (χ2n) is 3.78. The summed E-state index contributed by atoms with van der Waals surface area (Å²) >= 11 is 5.15. The van der Waals surface area contributed by atoms with Crippen LogP contribution in [0.25, 0.3) is 11.4 Å². The number of nitrogens with zero attached hydrogens (tertiary/aromatic N) is 1. The second-order valence-corrected chi connectivity index (χ2v) is 4.17. The van der Waals surface area contributed by atoms with E-state index in [1.807, 2.05) is 6.07 Å². The van der Waals surface area contributed by atoms with Crippen molar-refractivity contribution in [1.29, 1.82) is 0 Å². The van der Waals surface area contributed by atoms with E-state index in [4.69, 9.17) is 12.2 Å². The number of fused-ring (bicyclic) bond motifs is 1. The van der Waals surface area contributed by atoms with Gasteiger partial charge in [-0.2, -0.15) is 4.39 Å². The highest BCUT2D eigenvalue weighted by Gasteiger charge is 2.10. The fraction of sp³-hybridized carbons (Fsp3) is 0.273. The van der Waals surface area contributed by atoms with Gasteiger partial charge in [0.05, 0.1) is 0 Å². The maximum Gasteiger partial charge on any atom is 0.192 e. The topological polar surface area (TPSA) is 28.7 Å². The summed E-state index contributed by atoms with van der Waals surface area (Å²) in [5, 5.41) is 0. The number of aromatic amines is 1. The maximum atomic E-state index is 12.9. The first kappa shape index (κ1) is 10.2. The lowest BCUT2D eigenvalue weighted by Gasteiger charge is -2.10. The van der Waals surface area contributed by atoms with Gasteiger partial charge in [0, 0.05) is 5.56 Å². The van der Waals surface area contributed by atoms with Gasteiger partial charge in [0.1, 0.15) is 10.5 Å². The van der Waals surface area contributed by atoms with Crippen LogP contribution in [-0.2, 0) is 0 Å². The van der Waals surface area contributed by atoms with Crippen LogP contribution in [0.4, 0.5) is 4.39 Å². The van der Waals surface area contributed by atoms with Crippen LogP contribution in [0.2, 0.25) is 0 Å². The highest BCUT2D eigenvalue weighted by Crippen LogP contribution is 2.23. The van der Waals surface area contributed by atoms with E-state index in [-0.39, 0.29) is 0 Å². The van der Waals surface area contributed by atoms with E-state index < -0.39 is 5.95 Å². The predicted octanol–water partition coefficient (Wildman–Crippen LogP) is 3.51. The molecule has 2 aliphatic rings. The van der Waals surface area contributed by atoms with Crippen molar-refractivity contribution in [2.75, 3.05) is 0 Å². The molecule has 2 aliphatic heterocycles. The molecule has 78 valence electrons. The molecule has 15 heavy (non-hydrogen) atoms. The van der Waals surface area contributed by atoms with Crippen LogP contribution in [0.3, 0.4) is 0 Å². The van der Waals surface area contributed by atoms with Crippen molar-refractivity contribution in [3.63, 3.8) is 0 Å². The number of nitrogens with one attached hydrogen (secondary N) is 1. The summed E-state index contributed by atoms with van der Waals surface area (Å²) < 4.78 is 13.4. The largest absolute Gasteiger partial charge is 0.316 e. The molecule has 0 aromatic carbocycles. The molecule has 0 saturated heterocycles. The van der Waals surface area contributed by atoms with Crippen molar-refractivity contribution in [1.82, 2.24) is 9.97 Å². The summed E-state index contributed by atoms with van der Waals surface area (Å²) in [6.07, 6.45) is 0. The molecule has 2 nitrogen and oxygen atoms in total. The first-order chi connectivity index (χ1) is 7.08. The van der Waals surface area contributed by atoms with Crippen molar-refractivity contribution >= 4 is 12.2 Å². The highest BCUT2D eigenvalue weighted by molar-refractivity contribution is 7.71. The number of rotatable bonds is 1. The summed E-state index contributed by atoms with van der Waals surface area (Å²) in [6, 6.07) is 5.05. The predicted molar refractivity (Wildman–Crippen MR) is 60.1 cm³/mol. The summed E-state index contributed by atoms with van der Waals surface area (Å²) in [5.74, 6) is 0.436. The summed E-state index contributed by atoms with van der Waals surface area (Å²) in [5.41, 5.74) is 1.91. The third-order valence-electron chi connectivity index (χ3n) is 2.31. The van der Waals surface area contributed by atoms with Crippen molar-refractivity contribution in [2.24, 2.45) is 0 Å². The van der Waals surface area contributed by atoms with Crippen molar-refractivity contribution in [2.45, 2.75) is 19.8 Å². The lowest BCUT2D eigenvalue weighted by molar-refractivity contribution is 0.583. The Labute approximate surface area is 92.5 Å². The van der Waals surface area contributed by atoms with Gasteiger partial charge >= 0.3 is 0 Å². The SMILES string of the molecule is CC(C)c1cc2ccc(F)[nH]c-2nc1=S. The highest BCUT2D eigenvalue weighted by atomic mass is 32.1. The fourth-order valence-electron chi connectivity index (χ4n) is 1.49. The van der Waals surface area contributed by atoms with Crippen molar-refractivity contribution in [3.05, 3.63) is 34.4 Å². The van der Waals surface area contributed by atoms with Crippen LogP contribution >= 0.6 is 12.2 Å². The fourth-order valence-corrected chi connectivity index (χ4v) is 1.87. The molecule has 0 atom stereocenters. The van der Waals surface area contributed by atoms with Crippen LogP contribution in [0, 0.1) is 10.6 Å². The monoisotopic (exact) mass is 222 g/mol. The van der Waals surface area contributed by atoms with Crippen LogP contribution in [0.1, 0.15) is 25.3 Å². The third kappa shape index (κ3) is 1.90. The molecule has 1 N–H and O–H groups in total. The first-order valence-electron chi connectivity index (χ1n) is 4.77. The van der Waals surface area contributed by atoms with Crippen LogP contribution in [0.15, 0.2) is 18.2 Å². The van der Waals surface area contributed by atoms with Gasteiger partial charge in [0.15, 0.2) is 5.95 Å². The minimum atomic E-state index is -0.401. The number of H-pyrrole nitrogens is 1. The Bertz CT molecular complexity index is 519. The third-order valence-corrected chi connectivity index (χ3v) is 2.64. The van der Waals surface area contributed by atoms with Gasteiger partial charge < -0.3 is 4.98 Å². The van der Waals surface area contributed by atoms with Crippen LogP contribution in [-0.4, -0.2) is 9.97 Å². The Kier molecular flexibility index (Phi) is 2.52. The molecule has 0 amide bonds. The van der Waals surface area contributed by atoms with E-state index in [2.05, 4.69) is 23.8 Å². The Morgan fingerprint density at radius 1 is 1.40 bits per heavy atom. The summed E-state index contributed by atoms with van der Waals surface area (Å²) in [4.78, 5) is 6.73. The van der Waals surface area contributed by atoms with Gasteiger partial charge in [-0.3, -0.25) is 0 Å². The lowest BCUT2D eigenvalue weighted by Crippen LogP contribution is -1.99. The molecule has 4 heteroatoms. The molecular formula is C11H11FN2S. The van der Waals surface area contributed by atoms with Gasteiger partial charge in [-0.1, -0.05) is 26.1 Å². The van der Waals surface area contributed by atoms with E-state index in [1.165, 1.54) is 6.07 Å². The molecule has 0 unspecified atom stereocenters. The number of halogens is 1. The van der Waals surface area contributed by atoms with E-state index in [0.717, 1.165) is 11.1 Å². The van der Waals surface area contributed by atoms with E-state index in [1.54, 1.807) is 6.07 Å². The van der Waals surface area contributed by atoms with Crippen LogP contribution < -0.4 is 0 Å². The van der Waals surface area contributed by atoms with Crippen LogP contribution in [0.5, 0.6) is 0 Å². The van der Waals surface area contributed by atoms with Gasteiger partial charge in [-0.15, -0.1) is 0 Å². The quantitative estimate of drug-likeness (QED) is 0.591. The van der Waals surface area contributed by atoms with E-state index in [0.29, 0.717) is 16.4 Å². The lowest BCUT2D eigenvalue weighted by atomic mass is 10.0. The minimum absolute atomic E-state index is 0.333. The summed E-state index contributed by atoms with van der Waals surface area (Å²) in [7, 11) is 0. The number of hydrogen-bond donors (Lipinski definition) is 1. The normalized spacial score (nSPS) is 11.2. The average Bonchev–Trinajstić information content (AvgIpc) is 2.15. The zero-order valence-electron chi connectivity index (χ0n) is 8.54. The molecule has 0 aromatic heterocycles. The molecule has 0 fully saturated rings. The minimum Gasteiger partial charge on any atom is -0.316 e. The van der Waals surface area contributed by atoms with E-state index in [9.17, 15) is 4.39 Å². The van der Waals surface area contributed by atoms with Gasteiger partial charge in [0.2, 0.25) is 0 Å². The molecule has 0 aromatic rings. The van der Waals surface area contributed by atoms with Gasteiger partial charge in [0.25, 0.3) is 0 Å². The van der Waals surface area contributed by atoms with Gasteiger partial charge in [-0.25, -0.2) is 4.98 Å². The smallest absolute Gasteiger partial charge is 0.192 e. The van der Waals surface area contributed by atoms with Crippen molar-refractivity contribution in [3.8, 4) is 11.4 Å². The molecule has 0 spiro atoms. The Balaban J connectivity index is 2.73. The molecule has 2 heterocycles. The molecule has 0 aliphatic carbocycles. The Morgan fingerprint density at radius 2 is 2.13 bits per heavy atom. The Hall–Kier alpha value is -1.29. The second kappa shape index (κ2) is 3.70. The first-order valence-corrected chi connectivity index (χ1v) is 5.18. The maximum absolute atomic E-state index is 12.9. The summed E-state index contributed by atoms with van der Waals surface area (Å²) in [6.45, 7) is 4.12. The number of pyridine rings is 2. The van der Waals surface area contributed by atoms with Gasteiger partial charge in [-0.05, 0) is 29.7 Å². The molecule has 0 saturated carbocycles. The molecule has 2 rings (SSSR count). The zero-order chi connectivity index (χ0) is 11.0. The molecular weight excluding hydrogens is 211 g/mol. The van der Waals surface area contributed by atoms with Crippen molar-refractivity contribution < 1.29 is 4.39 Å². The zero-order valence-corrected chi connectivity index (χ0v) is 9.36. The van der Waals surface area contributed by atoms with E-state index >= 15 is 0 Å². The number of aromatic nitrogens is 2. The Morgan fingerprint density at radius 3 is 2.80 bits per heavy atom. The standard InChI is InChI=1S/C11H11FN2S/c1-6(2)8-5-7-3-4-9(12)13-10(7)14-11(8)15/h3-6H,1-2H3,(H,13,14,15). The number of hydrogen-bond acceptors (Lipinski definition) is 2. The molecule has 0 radical (unpaired) electrons. The average molecular weight is 222 g/mol.